The molecule has 0 fully saturated rings. The van der Waals surface area contributed by atoms with E-state index >= 15 is 0 Å². The number of aliphatic imine (C=N–C) groups is 3. The van der Waals surface area contributed by atoms with Crippen LogP contribution in [-0.2, 0) is 6.42 Å². The maximum absolute atomic E-state index is 5.49. The average molecular weight is 1400 g/mol. The molecule has 2 aliphatic carbocycles. The van der Waals surface area contributed by atoms with Gasteiger partial charge >= 0.3 is 0 Å². The second-order valence-electron chi connectivity index (χ2n) is 28.0. The SMILES string of the molecule is C1=CC(c2ccc(-c3ccc(-c4cccc5c4sc4c(-n6c7ccccc7c7ccc(C8=NC(c9ccccc9)NC(c9ccccc9)[N-]8)cc76)cccc45)cc3)cc2)CC(C2=NC(c3ccc4c5ccccc5n(C5=CCCc6c5sc5c(-c7ccccc7)cccc65)c4c3)=NC(c3ccccc3)N2)=C1. The maximum atomic E-state index is 5.49. The Bertz CT molecular complexity index is 6570. The van der Waals surface area contributed by atoms with E-state index in [2.05, 4.69) is 353 Å². The summed E-state index contributed by atoms with van der Waals surface area (Å²) in [4.78, 5) is 17.6. The maximum Gasteiger partial charge on any atom is 0.159 e. The molecule has 4 aliphatic rings. The van der Waals surface area contributed by atoms with Gasteiger partial charge in [-0.15, -0.1) is 22.7 Å². The predicted molar refractivity (Wildman–Crippen MR) is 445 cm³/mol. The summed E-state index contributed by atoms with van der Waals surface area (Å²) in [6.07, 6.45) is 11.2. The fourth-order valence-electron chi connectivity index (χ4n) is 16.7. The fourth-order valence-corrected chi connectivity index (χ4v) is 19.5. The van der Waals surface area contributed by atoms with Crippen LogP contribution in [0.3, 0.4) is 0 Å². The standard InChI is InChI=1S/C96H67N8S2/c1-5-22-62(23-6-1)71-34-18-36-77-79-38-20-42-83(89(79)105-87(71)77)103-81-40-15-14-33-74(81)76-55-53-70(58-86(76)103)96-101-93(66-28-11-4-12-29-66)98-94(102-96)68-31-17-30-67(56-68)61-46-44-59(45-47-61)60-48-50-63(51-49-60)72-35-19-37-78-80-39-21-43-84(90(80)106-88(72)78)104-82-41-16-13-32-73(82)75-54-52-69(57-85(75)104)95-99-91(64-24-7-2-8-25-64)97-92(100-95)65-26-9-3-10-27-65/h1-19,21-37,39-55,57-58,67,91-93,97H,20,38,56H2,(H-,98,99,100,101,102)/q-1. The molecule has 504 valence electrons. The summed E-state index contributed by atoms with van der Waals surface area (Å²) in [6.45, 7) is 0. The highest BCUT2D eigenvalue weighted by atomic mass is 32.1. The van der Waals surface area contributed by atoms with Crippen LogP contribution in [0.25, 0.3) is 124 Å². The van der Waals surface area contributed by atoms with Crippen LogP contribution in [-0.4, -0.2) is 26.6 Å². The zero-order chi connectivity index (χ0) is 69.8. The van der Waals surface area contributed by atoms with Crippen LogP contribution in [0.1, 0.15) is 81.1 Å². The van der Waals surface area contributed by atoms with Crippen molar-refractivity contribution in [3.8, 4) is 39.1 Å². The van der Waals surface area contributed by atoms with E-state index in [-0.39, 0.29) is 24.4 Å². The first kappa shape index (κ1) is 62.0. The molecular formula is C96H67N8S2-. The van der Waals surface area contributed by atoms with Gasteiger partial charge in [0.25, 0.3) is 0 Å². The second-order valence-corrected chi connectivity index (χ2v) is 30.1. The van der Waals surface area contributed by atoms with E-state index in [1.165, 1.54) is 112 Å². The van der Waals surface area contributed by atoms with E-state index in [0.29, 0.717) is 5.84 Å². The van der Waals surface area contributed by atoms with E-state index in [1.54, 1.807) is 0 Å². The molecular weight excluding hydrogens is 1330 g/mol. The van der Waals surface area contributed by atoms with Gasteiger partial charge in [0.05, 0.1) is 43.0 Å². The Morgan fingerprint density at radius 1 is 0.406 bits per heavy atom. The molecule has 0 bridgehead atoms. The Kier molecular flexibility index (Phi) is 15.0. The molecule has 4 aromatic heterocycles. The zero-order valence-corrected chi connectivity index (χ0v) is 59.3. The third-order valence-electron chi connectivity index (χ3n) is 21.9. The van der Waals surface area contributed by atoms with Crippen molar-refractivity contribution < 1.29 is 0 Å². The highest BCUT2D eigenvalue weighted by Crippen LogP contribution is 2.49. The molecule has 17 aromatic rings. The third kappa shape index (κ3) is 10.6. The molecule has 6 heterocycles. The lowest BCUT2D eigenvalue weighted by atomic mass is 9.86. The van der Waals surface area contributed by atoms with Gasteiger partial charge in [0, 0.05) is 65.5 Å². The summed E-state index contributed by atoms with van der Waals surface area (Å²) >= 11 is 3.81. The van der Waals surface area contributed by atoms with E-state index in [1.807, 2.05) is 22.7 Å². The van der Waals surface area contributed by atoms with Gasteiger partial charge in [-0.05, 0) is 127 Å². The molecule has 10 heteroatoms. The van der Waals surface area contributed by atoms with Crippen molar-refractivity contribution in [1.29, 1.82) is 0 Å². The first-order chi connectivity index (χ1) is 52.5. The number of fused-ring (bicyclic) bond motifs is 12. The molecule has 0 amide bonds. The number of hydrogen-bond donors (Lipinski definition) is 2. The van der Waals surface area contributed by atoms with Crippen LogP contribution in [0.2, 0.25) is 0 Å². The number of nitrogens with zero attached hydrogens (tertiary/aromatic N) is 6. The number of rotatable bonds is 12. The molecule has 0 spiro atoms. The van der Waals surface area contributed by atoms with Crippen LogP contribution in [0.5, 0.6) is 0 Å². The van der Waals surface area contributed by atoms with Gasteiger partial charge in [-0.3, -0.25) is 0 Å². The Morgan fingerprint density at radius 3 is 1.66 bits per heavy atom. The monoisotopic (exact) mass is 1400 g/mol. The van der Waals surface area contributed by atoms with Gasteiger partial charge in [-0.2, -0.15) is 0 Å². The van der Waals surface area contributed by atoms with Crippen molar-refractivity contribution in [3.05, 3.63) is 388 Å². The molecule has 106 heavy (non-hydrogen) atoms. The number of hydrogen-bond acceptors (Lipinski definition) is 7. The van der Waals surface area contributed by atoms with Crippen molar-refractivity contribution in [2.45, 2.75) is 43.7 Å². The minimum Gasteiger partial charge on any atom is -0.445 e. The lowest BCUT2D eigenvalue weighted by Gasteiger charge is -2.40. The third-order valence-corrected chi connectivity index (χ3v) is 24.5. The summed E-state index contributed by atoms with van der Waals surface area (Å²) in [7, 11) is 0. The minimum atomic E-state index is -0.331. The Morgan fingerprint density at radius 2 is 0.943 bits per heavy atom. The fraction of sp³-hybridized carbons (Fsp3) is 0.0729. The normalized spacial score (nSPS) is 17.3. The van der Waals surface area contributed by atoms with Crippen molar-refractivity contribution >= 4 is 120 Å². The number of aryl methyl sites for hydroxylation is 1. The van der Waals surface area contributed by atoms with Crippen molar-refractivity contribution in [2.24, 2.45) is 15.0 Å². The second kappa shape index (κ2) is 25.7. The van der Waals surface area contributed by atoms with Gasteiger partial charge in [-0.1, -0.05) is 309 Å². The molecule has 4 unspecified atom stereocenters. The van der Waals surface area contributed by atoms with E-state index in [9.17, 15) is 0 Å². The highest BCUT2D eigenvalue weighted by Gasteiger charge is 2.29. The van der Waals surface area contributed by atoms with E-state index in [4.69, 9.17) is 20.3 Å². The van der Waals surface area contributed by atoms with Gasteiger partial charge in [0.15, 0.2) is 5.84 Å². The summed E-state index contributed by atoms with van der Waals surface area (Å²) in [5.74, 6) is 2.45. The van der Waals surface area contributed by atoms with E-state index < -0.39 is 0 Å². The summed E-state index contributed by atoms with van der Waals surface area (Å²) in [5, 5.41) is 21.5. The highest BCUT2D eigenvalue weighted by molar-refractivity contribution is 7.26. The Balaban J connectivity index is 0.568. The summed E-state index contributed by atoms with van der Waals surface area (Å²) < 4.78 is 8.84. The number of benzene rings is 13. The first-order valence-electron chi connectivity index (χ1n) is 36.6. The van der Waals surface area contributed by atoms with Gasteiger partial charge in [0.1, 0.15) is 12.0 Å². The number of amidine groups is 3. The smallest absolute Gasteiger partial charge is 0.159 e. The molecule has 2 aliphatic heterocycles. The van der Waals surface area contributed by atoms with Crippen molar-refractivity contribution in [3.63, 3.8) is 0 Å². The Hall–Kier alpha value is -12.6. The predicted octanol–water partition coefficient (Wildman–Crippen LogP) is 24.5. The quantitative estimate of drug-likeness (QED) is 0.128. The number of para-hydroxylation sites is 2. The lowest BCUT2D eigenvalue weighted by molar-refractivity contribution is 0.488. The topological polar surface area (TPSA) is 85.1 Å². The minimum absolute atomic E-state index is 0.151. The van der Waals surface area contributed by atoms with E-state index in [0.717, 1.165) is 86.6 Å². The largest absolute Gasteiger partial charge is 0.445 e. The number of nitrogens with one attached hydrogen (secondary N) is 2. The molecule has 0 saturated heterocycles. The summed E-state index contributed by atoms with van der Waals surface area (Å²) in [5.41, 5.74) is 23.4. The Labute approximate surface area is 621 Å². The number of thiophene rings is 2. The average Bonchev–Trinajstić information content (AvgIpc) is 1.58. The van der Waals surface area contributed by atoms with Gasteiger partial charge < -0.3 is 30.1 Å². The summed E-state index contributed by atoms with van der Waals surface area (Å²) in [6, 6.07) is 112. The van der Waals surface area contributed by atoms with Crippen molar-refractivity contribution in [2.75, 3.05) is 0 Å². The molecule has 13 aromatic carbocycles. The van der Waals surface area contributed by atoms with Crippen LogP contribution in [0, 0.1) is 0 Å². The van der Waals surface area contributed by atoms with Crippen LogP contribution >= 0.6 is 22.7 Å². The van der Waals surface area contributed by atoms with Gasteiger partial charge in [0.2, 0.25) is 0 Å². The van der Waals surface area contributed by atoms with Crippen molar-refractivity contribution in [1.82, 2.24) is 19.8 Å². The van der Waals surface area contributed by atoms with Crippen LogP contribution < -0.4 is 10.6 Å². The van der Waals surface area contributed by atoms with Crippen LogP contribution in [0.15, 0.2) is 354 Å². The molecule has 8 nitrogen and oxygen atoms in total. The molecule has 21 rings (SSSR count). The number of aromatic nitrogens is 2. The zero-order valence-electron chi connectivity index (χ0n) is 57.7. The lowest BCUT2D eigenvalue weighted by Crippen LogP contribution is -2.34. The molecule has 0 radical (unpaired) electrons. The number of allylic oxidation sites excluding steroid dienone is 4. The van der Waals surface area contributed by atoms with Crippen LogP contribution in [0.4, 0.5) is 0 Å². The molecule has 4 atom stereocenters. The molecule has 0 saturated carbocycles. The molecule has 2 N–H and O–H groups in total. The first-order valence-corrected chi connectivity index (χ1v) is 38.2. The van der Waals surface area contributed by atoms with Gasteiger partial charge in [-0.25, -0.2) is 9.98 Å².